The highest BCUT2D eigenvalue weighted by atomic mass is 79.9. The van der Waals surface area contributed by atoms with Crippen molar-refractivity contribution in [1.82, 2.24) is 4.57 Å². The molecule has 0 radical (unpaired) electrons. The maximum atomic E-state index is 12.3. The molecule has 1 amide bonds. The topological polar surface area (TPSA) is 77.2 Å². The third-order valence-electron chi connectivity index (χ3n) is 2.92. The van der Waals surface area contributed by atoms with Gasteiger partial charge in [-0.1, -0.05) is 6.07 Å². The Morgan fingerprint density at radius 1 is 1.38 bits per heavy atom. The lowest BCUT2D eigenvalue weighted by atomic mass is 10.2. The number of aromatic nitrogens is 1. The second-order valence-electron chi connectivity index (χ2n) is 4.81. The summed E-state index contributed by atoms with van der Waals surface area (Å²) in [5.74, 6) is -0.310. The predicted octanol–water partition coefficient (Wildman–Crippen LogP) is 3.99. The van der Waals surface area contributed by atoms with Gasteiger partial charge in [-0.25, -0.2) is 0 Å². The minimum absolute atomic E-state index is 0.0618. The fraction of sp³-hybridized carbons (Fsp3) is 0.214. The van der Waals surface area contributed by atoms with Gasteiger partial charge in [0.1, 0.15) is 5.69 Å². The number of nitro benzene ring substituents is 1. The van der Waals surface area contributed by atoms with Crippen molar-refractivity contribution in [3.05, 3.63) is 56.8 Å². The van der Waals surface area contributed by atoms with Gasteiger partial charge in [-0.2, -0.15) is 0 Å². The van der Waals surface area contributed by atoms with Crippen molar-refractivity contribution in [2.75, 3.05) is 5.32 Å². The number of nitro groups is 1. The Kier molecular flexibility index (Phi) is 4.42. The van der Waals surface area contributed by atoms with E-state index in [1.807, 2.05) is 24.6 Å². The lowest BCUT2D eigenvalue weighted by Crippen LogP contribution is -2.17. The summed E-state index contributed by atoms with van der Waals surface area (Å²) in [6, 6.07) is 7.70. The first kappa shape index (κ1) is 15.2. The zero-order valence-electron chi connectivity index (χ0n) is 11.5. The Balaban J connectivity index is 2.26. The molecule has 0 spiro atoms. The number of hydrogen-bond acceptors (Lipinski definition) is 3. The van der Waals surface area contributed by atoms with Crippen LogP contribution in [-0.2, 0) is 0 Å². The zero-order valence-corrected chi connectivity index (χ0v) is 13.1. The first-order valence-corrected chi connectivity index (χ1v) is 7.11. The molecule has 0 saturated heterocycles. The summed E-state index contributed by atoms with van der Waals surface area (Å²) in [7, 11) is 0. The van der Waals surface area contributed by atoms with E-state index in [2.05, 4.69) is 21.2 Å². The van der Waals surface area contributed by atoms with Crippen LogP contribution in [0.1, 0.15) is 30.4 Å². The van der Waals surface area contributed by atoms with Crippen molar-refractivity contribution in [3.8, 4) is 0 Å². The zero-order chi connectivity index (χ0) is 15.6. The number of amides is 1. The monoisotopic (exact) mass is 351 g/mol. The van der Waals surface area contributed by atoms with Crippen LogP contribution in [0.2, 0.25) is 0 Å². The summed E-state index contributed by atoms with van der Waals surface area (Å²) < 4.78 is 2.64. The molecule has 1 aromatic carbocycles. The predicted molar refractivity (Wildman–Crippen MR) is 83.6 cm³/mol. The second kappa shape index (κ2) is 6.09. The Morgan fingerprint density at radius 2 is 2.10 bits per heavy atom. The smallest absolute Gasteiger partial charge is 0.272 e. The Hall–Kier alpha value is -2.15. The van der Waals surface area contributed by atoms with Crippen molar-refractivity contribution in [2.24, 2.45) is 0 Å². The molecule has 0 aliphatic rings. The maximum Gasteiger partial charge on any atom is 0.272 e. The highest BCUT2D eigenvalue weighted by Crippen LogP contribution is 2.22. The lowest BCUT2D eigenvalue weighted by Gasteiger charge is -2.12. The molecule has 7 heteroatoms. The fourth-order valence-electron chi connectivity index (χ4n) is 1.95. The Morgan fingerprint density at radius 3 is 2.71 bits per heavy atom. The average Bonchev–Trinajstić information content (AvgIpc) is 2.81. The third-order valence-corrected chi connectivity index (χ3v) is 3.35. The van der Waals surface area contributed by atoms with Crippen molar-refractivity contribution < 1.29 is 9.72 Å². The summed E-state index contributed by atoms with van der Waals surface area (Å²) in [5, 5.41) is 13.4. The standard InChI is InChI=1S/C14H14BrN3O3/c1-9(2)17-8-10(15)6-13(17)14(19)16-11-4-3-5-12(7-11)18(20)21/h3-9H,1-2H3,(H,16,19). The number of nitrogens with one attached hydrogen (secondary N) is 1. The molecule has 0 atom stereocenters. The van der Waals surface area contributed by atoms with Gasteiger partial charge >= 0.3 is 0 Å². The molecule has 21 heavy (non-hydrogen) atoms. The molecule has 1 aromatic heterocycles. The van der Waals surface area contributed by atoms with Crippen molar-refractivity contribution in [1.29, 1.82) is 0 Å². The molecule has 0 fully saturated rings. The fourth-order valence-corrected chi connectivity index (χ4v) is 2.38. The molecule has 1 heterocycles. The van der Waals surface area contributed by atoms with Crippen LogP contribution in [-0.4, -0.2) is 15.4 Å². The number of non-ortho nitro benzene ring substituents is 1. The van der Waals surface area contributed by atoms with E-state index in [1.54, 1.807) is 12.1 Å². The minimum Gasteiger partial charge on any atom is -0.340 e. The molecular weight excluding hydrogens is 338 g/mol. The molecule has 1 N–H and O–H groups in total. The van der Waals surface area contributed by atoms with Crippen LogP contribution in [0.15, 0.2) is 41.0 Å². The largest absolute Gasteiger partial charge is 0.340 e. The first-order chi connectivity index (χ1) is 9.88. The Bertz CT molecular complexity index is 695. The van der Waals surface area contributed by atoms with Gasteiger partial charge in [0, 0.05) is 34.5 Å². The van der Waals surface area contributed by atoms with Crippen LogP contribution < -0.4 is 5.32 Å². The highest BCUT2D eigenvalue weighted by molar-refractivity contribution is 9.10. The quantitative estimate of drug-likeness (QED) is 0.668. The summed E-state index contributed by atoms with van der Waals surface area (Å²) in [6.45, 7) is 3.94. The summed E-state index contributed by atoms with van der Waals surface area (Å²) in [4.78, 5) is 22.6. The molecule has 0 aliphatic heterocycles. The normalized spacial score (nSPS) is 10.7. The van der Waals surface area contributed by atoms with Gasteiger partial charge in [-0.05, 0) is 41.9 Å². The second-order valence-corrected chi connectivity index (χ2v) is 5.72. The first-order valence-electron chi connectivity index (χ1n) is 6.31. The SMILES string of the molecule is CC(C)n1cc(Br)cc1C(=O)Nc1cccc([N+](=O)[O-])c1. The number of hydrogen-bond donors (Lipinski definition) is 1. The van der Waals surface area contributed by atoms with Gasteiger partial charge in [-0.3, -0.25) is 14.9 Å². The van der Waals surface area contributed by atoms with Gasteiger partial charge in [0.15, 0.2) is 0 Å². The van der Waals surface area contributed by atoms with Crippen LogP contribution in [0.5, 0.6) is 0 Å². The van der Waals surface area contributed by atoms with E-state index >= 15 is 0 Å². The maximum absolute atomic E-state index is 12.3. The van der Waals surface area contributed by atoms with Crippen molar-refractivity contribution in [3.63, 3.8) is 0 Å². The highest BCUT2D eigenvalue weighted by Gasteiger charge is 2.16. The summed E-state index contributed by atoms with van der Waals surface area (Å²) >= 11 is 3.35. The molecule has 110 valence electrons. The molecule has 0 aliphatic carbocycles. The van der Waals surface area contributed by atoms with E-state index in [-0.39, 0.29) is 17.6 Å². The number of benzene rings is 1. The number of rotatable bonds is 4. The molecule has 0 bridgehead atoms. The van der Waals surface area contributed by atoms with Crippen LogP contribution in [0, 0.1) is 10.1 Å². The number of carbonyl (C=O) groups is 1. The van der Waals surface area contributed by atoms with Crippen molar-refractivity contribution >= 4 is 33.2 Å². The lowest BCUT2D eigenvalue weighted by molar-refractivity contribution is -0.384. The molecule has 6 nitrogen and oxygen atoms in total. The van der Waals surface area contributed by atoms with Crippen LogP contribution in [0.4, 0.5) is 11.4 Å². The van der Waals surface area contributed by atoms with Crippen LogP contribution >= 0.6 is 15.9 Å². The van der Waals surface area contributed by atoms with Gasteiger partial charge in [0.25, 0.3) is 11.6 Å². The molecule has 0 saturated carbocycles. The van der Waals surface area contributed by atoms with Gasteiger partial charge in [-0.15, -0.1) is 0 Å². The summed E-state index contributed by atoms with van der Waals surface area (Å²) in [6.07, 6.45) is 1.83. The van der Waals surface area contributed by atoms with Gasteiger partial charge in [0.2, 0.25) is 0 Å². The average molecular weight is 352 g/mol. The van der Waals surface area contributed by atoms with E-state index in [0.717, 1.165) is 4.47 Å². The molecule has 2 aromatic rings. The van der Waals surface area contributed by atoms with Gasteiger partial charge < -0.3 is 9.88 Å². The Labute approximate surface area is 130 Å². The summed E-state index contributed by atoms with van der Waals surface area (Å²) in [5.41, 5.74) is 0.818. The van der Waals surface area contributed by atoms with Crippen molar-refractivity contribution in [2.45, 2.75) is 19.9 Å². The molecular formula is C14H14BrN3O3. The van der Waals surface area contributed by atoms with E-state index in [9.17, 15) is 14.9 Å². The van der Waals surface area contributed by atoms with E-state index in [4.69, 9.17) is 0 Å². The molecule has 2 rings (SSSR count). The number of anilines is 1. The third kappa shape index (κ3) is 3.49. The number of nitrogens with zero attached hydrogens (tertiary/aromatic N) is 2. The number of halogens is 1. The minimum atomic E-state index is -0.497. The van der Waals surface area contributed by atoms with Crippen LogP contribution in [0.25, 0.3) is 0 Å². The number of carbonyl (C=O) groups excluding carboxylic acids is 1. The van der Waals surface area contributed by atoms with E-state index in [0.29, 0.717) is 11.4 Å². The van der Waals surface area contributed by atoms with E-state index in [1.165, 1.54) is 18.2 Å². The molecule has 0 unspecified atom stereocenters. The van der Waals surface area contributed by atoms with Crippen LogP contribution in [0.3, 0.4) is 0 Å². The van der Waals surface area contributed by atoms with E-state index < -0.39 is 4.92 Å². The van der Waals surface area contributed by atoms with Gasteiger partial charge in [0.05, 0.1) is 4.92 Å².